The molecule has 0 saturated heterocycles. The Balaban J connectivity index is 2.20. The average Bonchev–Trinajstić information content (AvgIpc) is 2.78. The van der Waals surface area contributed by atoms with E-state index in [0.717, 1.165) is 6.07 Å². The molecule has 4 N–H and O–H groups in total. The lowest BCUT2D eigenvalue weighted by Gasteiger charge is -2.04. The van der Waals surface area contributed by atoms with Crippen LogP contribution in [0.2, 0.25) is 0 Å². The number of H-pyrrole nitrogens is 1. The van der Waals surface area contributed by atoms with Crippen molar-refractivity contribution in [2.45, 2.75) is 0 Å². The lowest BCUT2D eigenvalue weighted by Crippen LogP contribution is -2.12. The monoisotopic (exact) mass is 244 g/mol. The number of nitrogens with zero attached hydrogens (tertiary/aromatic N) is 1. The number of nitriles is 1. The van der Waals surface area contributed by atoms with Crippen molar-refractivity contribution in [3.63, 3.8) is 0 Å². The average molecular weight is 244 g/mol. The summed E-state index contributed by atoms with van der Waals surface area (Å²) in [4.78, 5) is 14.4. The van der Waals surface area contributed by atoms with E-state index in [1.807, 2.05) is 0 Å². The number of nitrogens with one attached hydrogen (secondary N) is 2. The van der Waals surface area contributed by atoms with Crippen LogP contribution >= 0.6 is 0 Å². The SMILES string of the molecule is N#Cc1cc(NC(=O)c2cc(N)c[nH]2)ccc1F. The Morgan fingerprint density at radius 3 is 2.83 bits per heavy atom. The van der Waals surface area contributed by atoms with Crippen molar-refractivity contribution in [2.75, 3.05) is 11.1 Å². The number of amides is 1. The first kappa shape index (κ1) is 11.7. The van der Waals surface area contributed by atoms with Gasteiger partial charge in [0.25, 0.3) is 5.91 Å². The van der Waals surface area contributed by atoms with Crippen LogP contribution in [-0.2, 0) is 0 Å². The maximum Gasteiger partial charge on any atom is 0.272 e. The van der Waals surface area contributed by atoms with Crippen molar-refractivity contribution < 1.29 is 9.18 Å². The number of aromatic amines is 1. The van der Waals surface area contributed by atoms with Crippen LogP contribution in [0.15, 0.2) is 30.5 Å². The number of anilines is 2. The van der Waals surface area contributed by atoms with Gasteiger partial charge >= 0.3 is 0 Å². The molecule has 0 aliphatic rings. The molecule has 6 heteroatoms. The van der Waals surface area contributed by atoms with Crippen molar-refractivity contribution in [3.05, 3.63) is 47.5 Å². The molecule has 0 fully saturated rings. The predicted molar refractivity (Wildman–Crippen MR) is 64.3 cm³/mol. The number of hydrogen-bond donors (Lipinski definition) is 3. The normalized spacial score (nSPS) is 9.78. The van der Waals surface area contributed by atoms with Crippen molar-refractivity contribution in [3.8, 4) is 6.07 Å². The topological polar surface area (TPSA) is 94.7 Å². The lowest BCUT2D eigenvalue weighted by molar-refractivity contribution is 0.102. The van der Waals surface area contributed by atoms with Crippen LogP contribution in [0.3, 0.4) is 0 Å². The number of carbonyl (C=O) groups is 1. The van der Waals surface area contributed by atoms with Crippen molar-refractivity contribution >= 4 is 17.3 Å². The summed E-state index contributed by atoms with van der Waals surface area (Å²) in [6.07, 6.45) is 1.49. The number of hydrogen-bond acceptors (Lipinski definition) is 3. The summed E-state index contributed by atoms with van der Waals surface area (Å²) in [6, 6.07) is 6.94. The second-order valence-electron chi connectivity index (χ2n) is 3.61. The van der Waals surface area contributed by atoms with Gasteiger partial charge in [0.15, 0.2) is 0 Å². The zero-order valence-electron chi connectivity index (χ0n) is 9.20. The molecular formula is C12H9FN4O. The van der Waals surface area contributed by atoms with Crippen LogP contribution in [0.5, 0.6) is 0 Å². The number of aromatic nitrogens is 1. The van der Waals surface area contributed by atoms with Gasteiger partial charge < -0.3 is 16.0 Å². The number of carbonyl (C=O) groups excluding carboxylic acids is 1. The van der Waals surface area contributed by atoms with Crippen LogP contribution in [-0.4, -0.2) is 10.9 Å². The molecule has 0 unspecified atom stereocenters. The second-order valence-corrected chi connectivity index (χ2v) is 3.61. The second kappa shape index (κ2) is 4.59. The summed E-state index contributed by atoms with van der Waals surface area (Å²) >= 11 is 0. The third-order valence-corrected chi connectivity index (χ3v) is 2.29. The summed E-state index contributed by atoms with van der Waals surface area (Å²) in [7, 11) is 0. The standard InChI is InChI=1S/C12H9FN4O/c13-10-2-1-9(3-7(10)5-14)17-12(18)11-4-8(15)6-16-11/h1-4,6,16H,15H2,(H,17,18). The molecule has 5 nitrogen and oxygen atoms in total. The maximum absolute atomic E-state index is 13.1. The summed E-state index contributed by atoms with van der Waals surface area (Å²) in [5.41, 5.74) is 6.41. The van der Waals surface area contributed by atoms with Gasteiger partial charge in [-0.3, -0.25) is 4.79 Å². The Hall–Kier alpha value is -2.81. The molecule has 1 amide bonds. The van der Waals surface area contributed by atoms with E-state index in [0.29, 0.717) is 11.4 Å². The Labute approximate surface area is 102 Å². The Kier molecular flexibility index (Phi) is 2.98. The fourth-order valence-electron chi connectivity index (χ4n) is 1.43. The van der Waals surface area contributed by atoms with E-state index in [1.54, 1.807) is 6.07 Å². The first-order valence-electron chi connectivity index (χ1n) is 5.05. The minimum absolute atomic E-state index is 0.126. The van der Waals surface area contributed by atoms with Crippen LogP contribution < -0.4 is 11.1 Å². The highest BCUT2D eigenvalue weighted by Gasteiger charge is 2.09. The van der Waals surface area contributed by atoms with E-state index >= 15 is 0 Å². The van der Waals surface area contributed by atoms with Crippen LogP contribution in [0.1, 0.15) is 16.1 Å². The first-order chi connectivity index (χ1) is 8.60. The quantitative estimate of drug-likeness (QED) is 0.752. The van der Waals surface area contributed by atoms with Gasteiger partial charge in [0.05, 0.1) is 5.56 Å². The smallest absolute Gasteiger partial charge is 0.272 e. The van der Waals surface area contributed by atoms with Crippen molar-refractivity contribution in [2.24, 2.45) is 0 Å². The molecule has 1 aromatic carbocycles. The maximum atomic E-state index is 13.1. The number of benzene rings is 1. The van der Waals surface area contributed by atoms with Crippen LogP contribution in [0.4, 0.5) is 15.8 Å². The minimum atomic E-state index is -0.625. The summed E-state index contributed by atoms with van der Waals surface area (Å²) in [6.45, 7) is 0. The molecular weight excluding hydrogens is 235 g/mol. The molecule has 2 aromatic rings. The highest BCUT2D eigenvalue weighted by atomic mass is 19.1. The summed E-state index contributed by atoms with van der Waals surface area (Å²) < 4.78 is 13.1. The molecule has 1 aromatic heterocycles. The van der Waals surface area contributed by atoms with Gasteiger partial charge in [-0.1, -0.05) is 0 Å². The molecule has 90 valence electrons. The van der Waals surface area contributed by atoms with E-state index in [1.165, 1.54) is 24.4 Å². The van der Waals surface area contributed by atoms with Crippen LogP contribution in [0.25, 0.3) is 0 Å². The molecule has 0 aliphatic carbocycles. The Bertz CT molecular complexity index is 642. The molecule has 0 bridgehead atoms. The number of nitrogens with two attached hydrogens (primary N) is 1. The van der Waals surface area contributed by atoms with Crippen molar-refractivity contribution in [1.82, 2.24) is 4.98 Å². The number of nitrogen functional groups attached to an aromatic ring is 1. The number of halogens is 1. The Morgan fingerprint density at radius 2 is 2.22 bits per heavy atom. The van der Waals surface area contributed by atoms with E-state index < -0.39 is 11.7 Å². The summed E-state index contributed by atoms with van der Waals surface area (Å²) in [5.74, 6) is -1.04. The molecule has 0 aliphatic heterocycles. The molecule has 0 spiro atoms. The van der Waals surface area contributed by atoms with Gasteiger partial charge in [-0.25, -0.2) is 4.39 Å². The first-order valence-corrected chi connectivity index (χ1v) is 5.05. The molecule has 0 radical (unpaired) electrons. The van der Waals surface area contributed by atoms with Gasteiger partial charge in [0.1, 0.15) is 17.6 Å². The van der Waals surface area contributed by atoms with E-state index in [2.05, 4.69) is 10.3 Å². The van der Waals surface area contributed by atoms with Crippen molar-refractivity contribution in [1.29, 1.82) is 5.26 Å². The predicted octanol–water partition coefficient (Wildman–Crippen LogP) is 1.86. The summed E-state index contributed by atoms with van der Waals surface area (Å²) in [5, 5.41) is 11.2. The highest BCUT2D eigenvalue weighted by molar-refractivity contribution is 6.03. The molecule has 18 heavy (non-hydrogen) atoms. The highest BCUT2D eigenvalue weighted by Crippen LogP contribution is 2.15. The number of rotatable bonds is 2. The fourth-order valence-corrected chi connectivity index (χ4v) is 1.43. The Morgan fingerprint density at radius 1 is 1.44 bits per heavy atom. The van der Waals surface area contributed by atoms with Gasteiger partial charge in [-0.2, -0.15) is 5.26 Å². The van der Waals surface area contributed by atoms with Gasteiger partial charge in [-0.05, 0) is 24.3 Å². The zero-order chi connectivity index (χ0) is 13.1. The minimum Gasteiger partial charge on any atom is -0.397 e. The molecule has 0 atom stereocenters. The van der Waals surface area contributed by atoms with Gasteiger partial charge in [-0.15, -0.1) is 0 Å². The van der Waals surface area contributed by atoms with Gasteiger partial charge in [0, 0.05) is 17.6 Å². The molecule has 1 heterocycles. The van der Waals surface area contributed by atoms with Crippen LogP contribution in [0, 0.1) is 17.1 Å². The van der Waals surface area contributed by atoms with Gasteiger partial charge in [0.2, 0.25) is 0 Å². The molecule has 0 saturated carbocycles. The largest absolute Gasteiger partial charge is 0.397 e. The third-order valence-electron chi connectivity index (χ3n) is 2.29. The molecule has 2 rings (SSSR count). The zero-order valence-corrected chi connectivity index (χ0v) is 9.20. The van der Waals surface area contributed by atoms with E-state index in [4.69, 9.17) is 11.0 Å². The van der Waals surface area contributed by atoms with E-state index in [-0.39, 0.29) is 11.3 Å². The lowest BCUT2D eigenvalue weighted by atomic mass is 10.2. The third kappa shape index (κ3) is 2.30. The fraction of sp³-hybridized carbons (Fsp3) is 0. The van der Waals surface area contributed by atoms with E-state index in [9.17, 15) is 9.18 Å².